The van der Waals surface area contributed by atoms with E-state index in [0.717, 1.165) is 62.5 Å². The van der Waals surface area contributed by atoms with E-state index in [1.165, 1.54) is 5.56 Å². The fraction of sp³-hybridized carbons (Fsp3) is 0.500. The molecule has 0 saturated carbocycles. The molecule has 0 atom stereocenters. The molecule has 2 aliphatic rings. The van der Waals surface area contributed by atoms with E-state index in [1.807, 2.05) is 18.3 Å². The van der Waals surface area contributed by atoms with E-state index in [9.17, 15) is 0 Å². The van der Waals surface area contributed by atoms with Crippen LogP contribution in [0.5, 0.6) is 11.5 Å². The van der Waals surface area contributed by atoms with E-state index >= 15 is 0 Å². The summed E-state index contributed by atoms with van der Waals surface area (Å²) < 4.78 is 10.9. The maximum absolute atomic E-state index is 5.48. The summed E-state index contributed by atoms with van der Waals surface area (Å²) in [6.07, 6.45) is 1.84. The minimum absolute atomic E-state index is 0.322. The summed E-state index contributed by atoms with van der Waals surface area (Å²) >= 11 is 0. The zero-order chi connectivity index (χ0) is 18.6. The maximum atomic E-state index is 5.48. The van der Waals surface area contributed by atoms with Crippen molar-refractivity contribution in [3.8, 4) is 11.5 Å². The molecule has 1 aromatic heterocycles. The Hall–Kier alpha value is -2.54. The fourth-order valence-corrected chi connectivity index (χ4v) is 3.31. The Morgan fingerprint density at radius 2 is 1.89 bits per heavy atom. The molecule has 0 bridgehead atoms. The predicted octanol–water partition coefficient (Wildman–Crippen LogP) is 2.60. The zero-order valence-electron chi connectivity index (χ0n) is 16.0. The third-order valence-corrected chi connectivity index (χ3v) is 4.83. The molecule has 0 aliphatic carbocycles. The molecule has 1 aromatic carbocycles. The van der Waals surface area contributed by atoms with Gasteiger partial charge in [0.1, 0.15) is 5.82 Å². The van der Waals surface area contributed by atoms with Gasteiger partial charge in [0.2, 0.25) is 12.7 Å². The lowest BCUT2D eigenvalue weighted by atomic mass is 10.1. The summed E-state index contributed by atoms with van der Waals surface area (Å²) in [4.78, 5) is 13.8. The van der Waals surface area contributed by atoms with Crippen molar-refractivity contribution >= 4 is 11.8 Å². The molecule has 1 saturated heterocycles. The Morgan fingerprint density at radius 3 is 2.70 bits per heavy atom. The molecule has 0 unspecified atom stereocenters. The van der Waals surface area contributed by atoms with Crippen LogP contribution in [-0.2, 0) is 6.54 Å². The van der Waals surface area contributed by atoms with Gasteiger partial charge in [-0.15, -0.1) is 0 Å². The van der Waals surface area contributed by atoms with Crippen LogP contribution in [0, 0.1) is 5.92 Å². The molecule has 7 nitrogen and oxygen atoms in total. The normalized spacial score (nSPS) is 16.8. The number of rotatable bonds is 6. The van der Waals surface area contributed by atoms with Crippen molar-refractivity contribution in [2.45, 2.75) is 20.4 Å². The van der Waals surface area contributed by atoms with E-state index in [2.05, 4.69) is 51.1 Å². The highest BCUT2D eigenvalue weighted by molar-refractivity contribution is 5.44. The summed E-state index contributed by atoms with van der Waals surface area (Å²) in [5.74, 6) is 3.99. The molecule has 2 aliphatic heterocycles. The lowest BCUT2D eigenvalue weighted by molar-refractivity contribution is 0.174. The van der Waals surface area contributed by atoms with Gasteiger partial charge in [0, 0.05) is 45.5 Å². The number of aromatic nitrogens is 2. The Kier molecular flexibility index (Phi) is 5.29. The number of fused-ring (bicyclic) bond motifs is 1. The molecular weight excluding hydrogens is 342 g/mol. The Bertz CT molecular complexity index is 775. The summed E-state index contributed by atoms with van der Waals surface area (Å²) in [5.41, 5.74) is 1.25. The van der Waals surface area contributed by atoms with Crippen molar-refractivity contribution in [3.63, 3.8) is 0 Å². The van der Waals surface area contributed by atoms with E-state index in [0.29, 0.717) is 12.7 Å². The van der Waals surface area contributed by atoms with E-state index in [1.54, 1.807) is 0 Å². The SMILES string of the molecule is CC(C)CNc1ccnc(N2CCN(Cc3ccc4c(c3)OCO4)CC2)n1. The third kappa shape index (κ3) is 4.42. The highest BCUT2D eigenvalue weighted by Gasteiger charge is 2.20. The van der Waals surface area contributed by atoms with Crippen LogP contribution in [0.15, 0.2) is 30.5 Å². The van der Waals surface area contributed by atoms with Gasteiger partial charge in [0.15, 0.2) is 11.5 Å². The zero-order valence-corrected chi connectivity index (χ0v) is 16.0. The van der Waals surface area contributed by atoms with Crippen molar-refractivity contribution in [1.82, 2.24) is 14.9 Å². The first-order valence-electron chi connectivity index (χ1n) is 9.60. The standard InChI is InChI=1S/C20H27N5O2/c1-15(2)12-22-19-5-6-21-20(23-19)25-9-7-24(8-10-25)13-16-3-4-17-18(11-16)27-14-26-17/h3-6,11,15H,7-10,12-14H2,1-2H3,(H,21,22,23). The number of anilines is 2. The fourth-order valence-electron chi connectivity index (χ4n) is 3.31. The highest BCUT2D eigenvalue weighted by Crippen LogP contribution is 2.32. The number of piperazine rings is 1. The van der Waals surface area contributed by atoms with Crippen LogP contribution in [0.2, 0.25) is 0 Å². The molecule has 1 fully saturated rings. The van der Waals surface area contributed by atoms with Crippen LogP contribution in [0.3, 0.4) is 0 Å². The molecule has 0 amide bonds. The van der Waals surface area contributed by atoms with Crippen molar-refractivity contribution in [2.24, 2.45) is 5.92 Å². The summed E-state index contributed by atoms with van der Waals surface area (Å²) in [6, 6.07) is 8.13. The van der Waals surface area contributed by atoms with E-state index in [4.69, 9.17) is 9.47 Å². The maximum Gasteiger partial charge on any atom is 0.231 e. The molecule has 27 heavy (non-hydrogen) atoms. The van der Waals surface area contributed by atoms with Gasteiger partial charge in [-0.3, -0.25) is 4.90 Å². The van der Waals surface area contributed by atoms with Gasteiger partial charge in [-0.25, -0.2) is 4.98 Å². The van der Waals surface area contributed by atoms with Crippen LogP contribution >= 0.6 is 0 Å². The van der Waals surface area contributed by atoms with Crippen molar-refractivity contribution < 1.29 is 9.47 Å². The lowest BCUT2D eigenvalue weighted by Gasteiger charge is -2.34. The van der Waals surface area contributed by atoms with Gasteiger partial charge in [-0.1, -0.05) is 19.9 Å². The quantitative estimate of drug-likeness (QED) is 0.840. The van der Waals surface area contributed by atoms with Crippen molar-refractivity contribution in [3.05, 3.63) is 36.0 Å². The molecule has 2 aromatic rings. The van der Waals surface area contributed by atoms with Gasteiger partial charge in [0.05, 0.1) is 0 Å². The molecule has 3 heterocycles. The summed E-state index contributed by atoms with van der Waals surface area (Å²) in [5, 5.41) is 3.38. The van der Waals surface area contributed by atoms with E-state index in [-0.39, 0.29) is 0 Å². The largest absolute Gasteiger partial charge is 0.454 e. The van der Waals surface area contributed by atoms with Gasteiger partial charge < -0.3 is 19.7 Å². The van der Waals surface area contributed by atoms with Gasteiger partial charge in [0.25, 0.3) is 0 Å². The monoisotopic (exact) mass is 369 g/mol. The number of nitrogens with zero attached hydrogens (tertiary/aromatic N) is 4. The Balaban J connectivity index is 1.32. The second-order valence-corrected chi connectivity index (χ2v) is 7.47. The molecule has 144 valence electrons. The first-order valence-corrected chi connectivity index (χ1v) is 9.60. The minimum Gasteiger partial charge on any atom is -0.454 e. The molecule has 0 radical (unpaired) electrons. The van der Waals surface area contributed by atoms with Crippen LogP contribution in [-0.4, -0.2) is 54.4 Å². The molecule has 4 rings (SSSR count). The summed E-state index contributed by atoms with van der Waals surface area (Å²) in [6.45, 7) is 10.4. The first kappa shape index (κ1) is 17.9. The highest BCUT2D eigenvalue weighted by atomic mass is 16.7. The van der Waals surface area contributed by atoms with Crippen LogP contribution in [0.4, 0.5) is 11.8 Å². The van der Waals surface area contributed by atoms with Crippen LogP contribution < -0.4 is 19.7 Å². The van der Waals surface area contributed by atoms with Gasteiger partial charge in [-0.2, -0.15) is 4.98 Å². The number of hydrogen-bond acceptors (Lipinski definition) is 7. The second-order valence-electron chi connectivity index (χ2n) is 7.47. The van der Waals surface area contributed by atoms with Crippen molar-refractivity contribution in [2.75, 3.05) is 49.7 Å². The second kappa shape index (κ2) is 8.00. The lowest BCUT2D eigenvalue weighted by Crippen LogP contribution is -2.46. The van der Waals surface area contributed by atoms with Crippen molar-refractivity contribution in [1.29, 1.82) is 0 Å². The Labute approximate surface area is 160 Å². The number of benzene rings is 1. The molecular formula is C20H27N5O2. The van der Waals surface area contributed by atoms with Gasteiger partial charge >= 0.3 is 0 Å². The number of nitrogens with one attached hydrogen (secondary N) is 1. The smallest absolute Gasteiger partial charge is 0.231 e. The summed E-state index contributed by atoms with van der Waals surface area (Å²) in [7, 11) is 0. The topological polar surface area (TPSA) is 62.8 Å². The average molecular weight is 369 g/mol. The Morgan fingerprint density at radius 1 is 1.07 bits per heavy atom. The van der Waals surface area contributed by atoms with Crippen LogP contribution in [0.1, 0.15) is 19.4 Å². The minimum atomic E-state index is 0.322. The van der Waals surface area contributed by atoms with Gasteiger partial charge in [-0.05, 0) is 29.7 Å². The molecule has 7 heteroatoms. The predicted molar refractivity (Wildman–Crippen MR) is 105 cm³/mol. The average Bonchev–Trinajstić information content (AvgIpc) is 3.15. The number of ether oxygens (including phenoxy) is 2. The third-order valence-electron chi connectivity index (χ3n) is 4.83. The molecule has 0 spiro atoms. The first-order chi connectivity index (χ1) is 13.2. The number of hydrogen-bond donors (Lipinski definition) is 1. The van der Waals surface area contributed by atoms with E-state index < -0.39 is 0 Å². The molecule has 1 N–H and O–H groups in total. The van der Waals surface area contributed by atoms with Crippen LogP contribution in [0.25, 0.3) is 0 Å².